The van der Waals surface area contributed by atoms with Crippen LogP contribution in [0.4, 0.5) is 0 Å². The predicted octanol–water partition coefficient (Wildman–Crippen LogP) is 3.86. The van der Waals surface area contributed by atoms with Gasteiger partial charge in [-0.1, -0.05) is 56.3 Å². The van der Waals surface area contributed by atoms with Crippen molar-refractivity contribution < 1.29 is 9.84 Å². The number of rotatable bonds is 8. The van der Waals surface area contributed by atoms with Crippen LogP contribution in [-0.2, 0) is 6.54 Å². The topological polar surface area (TPSA) is 41.5 Å². The molecule has 0 aliphatic carbocycles. The molecule has 124 valence electrons. The zero-order chi connectivity index (χ0) is 16.7. The molecule has 3 heteroatoms. The molecule has 0 aromatic heterocycles. The predicted molar refractivity (Wildman–Crippen MR) is 95.6 cm³/mol. The molecule has 0 spiro atoms. The second-order valence-corrected chi connectivity index (χ2v) is 6.64. The van der Waals surface area contributed by atoms with E-state index < -0.39 is 0 Å². The van der Waals surface area contributed by atoms with Crippen molar-refractivity contribution in [1.29, 1.82) is 0 Å². The first-order valence-electron chi connectivity index (χ1n) is 8.10. The average molecular weight is 313 g/mol. The Bertz CT molecular complexity index is 605. The lowest BCUT2D eigenvalue weighted by Gasteiger charge is -2.24. The van der Waals surface area contributed by atoms with Gasteiger partial charge in [0, 0.05) is 25.3 Å². The number of nitrogens with one attached hydrogen (secondary N) is 1. The molecule has 3 nitrogen and oxygen atoms in total. The minimum Gasteiger partial charge on any atom is -0.496 e. The first kappa shape index (κ1) is 17.5. The van der Waals surface area contributed by atoms with Gasteiger partial charge in [-0.25, -0.2) is 0 Å². The first-order valence-corrected chi connectivity index (χ1v) is 8.10. The maximum Gasteiger partial charge on any atom is 0.126 e. The van der Waals surface area contributed by atoms with Gasteiger partial charge in [-0.05, 0) is 29.0 Å². The van der Waals surface area contributed by atoms with Gasteiger partial charge in [0.25, 0.3) is 0 Å². The molecule has 2 N–H and O–H groups in total. The number of ether oxygens (including phenoxy) is 1. The lowest BCUT2D eigenvalue weighted by molar-refractivity contribution is 0.207. The maximum absolute atomic E-state index is 9.06. The highest BCUT2D eigenvalue weighted by Gasteiger charge is 2.16. The molecule has 0 saturated heterocycles. The molecule has 2 rings (SSSR count). The van der Waals surface area contributed by atoms with Gasteiger partial charge in [0.2, 0.25) is 0 Å². The van der Waals surface area contributed by atoms with Crippen LogP contribution in [0.3, 0.4) is 0 Å². The molecule has 23 heavy (non-hydrogen) atoms. The number of methoxy groups -OCH3 is 1. The fourth-order valence-corrected chi connectivity index (χ4v) is 2.62. The van der Waals surface area contributed by atoms with Crippen LogP contribution >= 0.6 is 0 Å². The van der Waals surface area contributed by atoms with E-state index in [1.165, 1.54) is 5.56 Å². The molecule has 0 fully saturated rings. The first-order chi connectivity index (χ1) is 11.1. The van der Waals surface area contributed by atoms with Crippen LogP contribution in [-0.4, -0.2) is 25.4 Å². The summed E-state index contributed by atoms with van der Waals surface area (Å²) >= 11 is 0. The van der Waals surface area contributed by atoms with Crippen LogP contribution in [0, 0.1) is 5.41 Å². The Morgan fingerprint density at radius 1 is 1.04 bits per heavy atom. The molecular weight excluding hydrogens is 286 g/mol. The van der Waals surface area contributed by atoms with E-state index in [0.717, 1.165) is 36.4 Å². The smallest absolute Gasteiger partial charge is 0.126 e. The van der Waals surface area contributed by atoms with Crippen molar-refractivity contribution in [2.45, 2.75) is 26.8 Å². The van der Waals surface area contributed by atoms with Gasteiger partial charge in [-0.3, -0.25) is 0 Å². The number of para-hydroxylation sites is 1. The van der Waals surface area contributed by atoms with Gasteiger partial charge in [0.15, 0.2) is 0 Å². The van der Waals surface area contributed by atoms with Gasteiger partial charge in [0.1, 0.15) is 5.75 Å². The molecule has 0 amide bonds. The fraction of sp³-hybridized carbons (Fsp3) is 0.400. The van der Waals surface area contributed by atoms with E-state index >= 15 is 0 Å². The van der Waals surface area contributed by atoms with Gasteiger partial charge in [-0.2, -0.15) is 0 Å². The van der Waals surface area contributed by atoms with E-state index in [2.05, 4.69) is 49.5 Å². The van der Waals surface area contributed by atoms with Gasteiger partial charge in [-0.15, -0.1) is 0 Å². The standard InChI is InChI=1S/C20H27NO2/c1-20(2,12-13-22)15-21-14-16-8-10-17(11-9-16)18-6-4-5-7-19(18)23-3/h4-11,21-22H,12-15H2,1-3H3. The summed E-state index contributed by atoms with van der Waals surface area (Å²) in [7, 11) is 1.70. The third-order valence-electron chi connectivity index (χ3n) is 4.09. The number of hydrogen-bond acceptors (Lipinski definition) is 3. The van der Waals surface area contributed by atoms with Crippen molar-refractivity contribution >= 4 is 0 Å². The van der Waals surface area contributed by atoms with Gasteiger partial charge < -0.3 is 15.2 Å². The second kappa shape index (κ2) is 8.14. The van der Waals surface area contributed by atoms with E-state index in [9.17, 15) is 0 Å². The number of aliphatic hydroxyl groups is 1. The van der Waals surface area contributed by atoms with Crippen molar-refractivity contribution in [2.24, 2.45) is 5.41 Å². The minimum absolute atomic E-state index is 0.117. The minimum atomic E-state index is 0.117. The summed E-state index contributed by atoms with van der Waals surface area (Å²) in [6.45, 7) is 6.30. The second-order valence-electron chi connectivity index (χ2n) is 6.64. The fourth-order valence-electron chi connectivity index (χ4n) is 2.62. The highest BCUT2D eigenvalue weighted by Crippen LogP contribution is 2.29. The molecule has 0 aliphatic heterocycles. The van der Waals surface area contributed by atoms with Gasteiger partial charge in [0.05, 0.1) is 7.11 Å². The Kier molecular flexibility index (Phi) is 6.20. The van der Waals surface area contributed by atoms with Crippen LogP contribution in [0.1, 0.15) is 25.8 Å². The maximum atomic E-state index is 9.06. The Hall–Kier alpha value is -1.84. The summed E-state index contributed by atoms with van der Waals surface area (Å²) in [6.07, 6.45) is 0.812. The van der Waals surface area contributed by atoms with Crippen molar-refractivity contribution in [3.8, 4) is 16.9 Å². The van der Waals surface area contributed by atoms with E-state index in [-0.39, 0.29) is 12.0 Å². The molecule has 2 aromatic carbocycles. The molecule has 0 bridgehead atoms. The SMILES string of the molecule is COc1ccccc1-c1ccc(CNCC(C)(C)CCO)cc1. The van der Waals surface area contributed by atoms with E-state index in [4.69, 9.17) is 9.84 Å². The molecule has 0 heterocycles. The largest absolute Gasteiger partial charge is 0.496 e. The van der Waals surface area contributed by atoms with Crippen LogP contribution in [0.25, 0.3) is 11.1 Å². The number of benzene rings is 2. The Balaban J connectivity index is 1.97. The third-order valence-corrected chi connectivity index (χ3v) is 4.09. The zero-order valence-electron chi connectivity index (χ0n) is 14.3. The third kappa shape index (κ3) is 5.08. The average Bonchev–Trinajstić information content (AvgIpc) is 2.55. The van der Waals surface area contributed by atoms with E-state index in [1.54, 1.807) is 7.11 Å². The summed E-state index contributed by atoms with van der Waals surface area (Å²) in [6, 6.07) is 16.6. The van der Waals surface area contributed by atoms with Crippen LogP contribution < -0.4 is 10.1 Å². The van der Waals surface area contributed by atoms with Gasteiger partial charge >= 0.3 is 0 Å². The number of hydrogen-bond donors (Lipinski definition) is 2. The molecule has 2 aromatic rings. The summed E-state index contributed by atoms with van der Waals surface area (Å²) in [4.78, 5) is 0. The molecule has 0 atom stereocenters. The monoisotopic (exact) mass is 313 g/mol. The Labute approximate surface area is 139 Å². The highest BCUT2D eigenvalue weighted by molar-refractivity contribution is 5.70. The molecule has 0 saturated carbocycles. The van der Waals surface area contributed by atoms with Crippen molar-refractivity contribution in [3.05, 3.63) is 54.1 Å². The van der Waals surface area contributed by atoms with Crippen LogP contribution in [0.2, 0.25) is 0 Å². The number of aliphatic hydroxyl groups excluding tert-OH is 1. The van der Waals surface area contributed by atoms with Crippen molar-refractivity contribution in [2.75, 3.05) is 20.3 Å². The lowest BCUT2D eigenvalue weighted by Crippen LogP contribution is -2.29. The summed E-state index contributed by atoms with van der Waals surface area (Å²) in [5.41, 5.74) is 3.64. The quantitative estimate of drug-likeness (QED) is 0.777. The van der Waals surface area contributed by atoms with Crippen LogP contribution in [0.5, 0.6) is 5.75 Å². The zero-order valence-corrected chi connectivity index (χ0v) is 14.3. The van der Waals surface area contributed by atoms with E-state index in [1.807, 2.05) is 18.2 Å². The molecular formula is C20H27NO2. The summed E-state index contributed by atoms with van der Waals surface area (Å²) in [5.74, 6) is 0.893. The van der Waals surface area contributed by atoms with Crippen LogP contribution in [0.15, 0.2) is 48.5 Å². The molecule has 0 radical (unpaired) electrons. The lowest BCUT2D eigenvalue weighted by atomic mass is 9.90. The highest BCUT2D eigenvalue weighted by atomic mass is 16.5. The Morgan fingerprint density at radius 3 is 2.39 bits per heavy atom. The molecule has 0 aliphatic rings. The Morgan fingerprint density at radius 2 is 1.74 bits per heavy atom. The summed E-state index contributed by atoms with van der Waals surface area (Å²) in [5, 5.41) is 12.5. The summed E-state index contributed by atoms with van der Waals surface area (Å²) < 4.78 is 5.42. The normalized spacial score (nSPS) is 11.5. The van der Waals surface area contributed by atoms with Crippen molar-refractivity contribution in [1.82, 2.24) is 5.32 Å². The van der Waals surface area contributed by atoms with E-state index in [0.29, 0.717) is 0 Å². The van der Waals surface area contributed by atoms with Crippen molar-refractivity contribution in [3.63, 3.8) is 0 Å². The molecule has 0 unspecified atom stereocenters.